The molecular weight excluding hydrogens is 306 g/mol. The highest BCUT2D eigenvalue weighted by Crippen LogP contribution is 2.36. The van der Waals surface area contributed by atoms with Crippen LogP contribution < -0.4 is 0 Å². The number of carboxylic acids is 1. The van der Waals surface area contributed by atoms with Crippen molar-refractivity contribution in [2.24, 2.45) is 0 Å². The molecule has 0 bridgehead atoms. The van der Waals surface area contributed by atoms with Crippen molar-refractivity contribution in [1.29, 1.82) is 5.26 Å². The Morgan fingerprint density at radius 3 is 2.00 bits per heavy atom. The average Bonchev–Trinajstić information content (AvgIpc) is 2.60. The second-order valence-corrected chi connectivity index (χ2v) is 6.40. The van der Waals surface area contributed by atoms with Gasteiger partial charge in [-0.1, -0.05) is 60.7 Å². The molecule has 0 heterocycles. The molecule has 0 saturated carbocycles. The van der Waals surface area contributed by atoms with E-state index in [0.717, 1.165) is 23.3 Å². The topological polar surface area (TPSA) is 61.1 Å². The summed E-state index contributed by atoms with van der Waals surface area (Å²) in [6.07, 6.45) is 1.46. The third-order valence-corrected chi connectivity index (χ3v) is 4.82. The molecular formula is C19H19NO2S. The van der Waals surface area contributed by atoms with Crippen molar-refractivity contribution in [1.82, 2.24) is 0 Å². The van der Waals surface area contributed by atoms with Gasteiger partial charge in [0.15, 0.2) is 0 Å². The van der Waals surface area contributed by atoms with Crippen LogP contribution in [-0.4, -0.2) is 22.6 Å². The number of carboxylic acid groups (broad SMARTS) is 1. The van der Waals surface area contributed by atoms with Crippen molar-refractivity contribution in [3.8, 4) is 6.07 Å². The number of nitrogens with zero attached hydrogens (tertiary/aromatic N) is 1. The van der Waals surface area contributed by atoms with Crippen molar-refractivity contribution < 1.29 is 9.90 Å². The van der Waals surface area contributed by atoms with E-state index in [9.17, 15) is 10.1 Å². The summed E-state index contributed by atoms with van der Waals surface area (Å²) in [7, 11) is 0. The summed E-state index contributed by atoms with van der Waals surface area (Å²) in [5.74, 6) is 0.0405. The summed E-state index contributed by atoms with van der Waals surface area (Å²) < 4.78 is 0. The summed E-state index contributed by atoms with van der Waals surface area (Å²) in [5, 5.41) is 18.7. The van der Waals surface area contributed by atoms with Crippen molar-refractivity contribution in [2.45, 2.75) is 18.3 Å². The highest BCUT2D eigenvalue weighted by molar-refractivity contribution is 7.99. The maximum absolute atomic E-state index is 10.6. The fourth-order valence-electron chi connectivity index (χ4n) is 2.68. The van der Waals surface area contributed by atoms with Crippen LogP contribution in [0, 0.1) is 11.3 Å². The molecule has 23 heavy (non-hydrogen) atoms. The number of hydrogen-bond acceptors (Lipinski definition) is 3. The molecule has 0 fully saturated rings. The zero-order chi connectivity index (χ0) is 16.5. The molecule has 0 saturated heterocycles. The fourth-order valence-corrected chi connectivity index (χ4v) is 3.35. The lowest BCUT2D eigenvalue weighted by Crippen LogP contribution is -2.26. The van der Waals surface area contributed by atoms with Gasteiger partial charge in [0.1, 0.15) is 5.41 Å². The van der Waals surface area contributed by atoms with E-state index in [2.05, 4.69) is 6.07 Å². The van der Waals surface area contributed by atoms with E-state index in [1.165, 1.54) is 11.8 Å². The summed E-state index contributed by atoms with van der Waals surface area (Å²) >= 11 is 1.39. The second-order valence-electron chi connectivity index (χ2n) is 5.30. The minimum Gasteiger partial charge on any atom is -0.481 e. The molecule has 2 rings (SSSR count). The molecule has 118 valence electrons. The first-order valence-corrected chi connectivity index (χ1v) is 8.66. The first-order chi connectivity index (χ1) is 11.2. The number of nitriles is 1. The number of aliphatic carboxylic acids is 1. The standard InChI is InChI=1S/C19H19NO2S/c20-15-19(16-8-3-1-4-9-16,17-10-5-2-6-11-17)12-7-13-23-14-18(21)22/h1-6,8-11H,7,12-14H2,(H,21,22). The van der Waals surface area contributed by atoms with Crippen molar-refractivity contribution in [3.05, 3.63) is 71.8 Å². The van der Waals surface area contributed by atoms with Gasteiger partial charge in [-0.15, -0.1) is 0 Å². The molecule has 0 radical (unpaired) electrons. The predicted molar refractivity (Wildman–Crippen MR) is 93.5 cm³/mol. The van der Waals surface area contributed by atoms with Gasteiger partial charge in [-0.2, -0.15) is 17.0 Å². The molecule has 0 aliphatic carbocycles. The van der Waals surface area contributed by atoms with Crippen LogP contribution in [0.1, 0.15) is 24.0 Å². The molecule has 0 atom stereocenters. The Balaban J connectivity index is 2.22. The Hall–Kier alpha value is -2.25. The molecule has 0 spiro atoms. The summed E-state index contributed by atoms with van der Waals surface area (Å²) in [6, 6.07) is 22.1. The first-order valence-electron chi connectivity index (χ1n) is 7.51. The lowest BCUT2D eigenvalue weighted by Gasteiger charge is -2.28. The van der Waals surface area contributed by atoms with E-state index < -0.39 is 11.4 Å². The first kappa shape index (κ1) is 17.1. The van der Waals surface area contributed by atoms with Gasteiger partial charge in [0.05, 0.1) is 11.8 Å². The predicted octanol–water partition coefficient (Wildman–Crippen LogP) is 4.09. The maximum atomic E-state index is 10.6. The largest absolute Gasteiger partial charge is 0.481 e. The zero-order valence-electron chi connectivity index (χ0n) is 12.8. The van der Waals surface area contributed by atoms with Crippen molar-refractivity contribution in [3.63, 3.8) is 0 Å². The molecule has 2 aromatic carbocycles. The molecule has 0 amide bonds. The van der Waals surface area contributed by atoms with E-state index in [0.29, 0.717) is 6.42 Å². The van der Waals surface area contributed by atoms with Crippen LogP contribution in [0.15, 0.2) is 60.7 Å². The second kappa shape index (κ2) is 8.40. The molecule has 0 aliphatic heterocycles. The van der Waals surface area contributed by atoms with E-state index in [1.54, 1.807) is 0 Å². The van der Waals surface area contributed by atoms with E-state index in [1.807, 2.05) is 60.7 Å². The number of carbonyl (C=O) groups is 1. The number of hydrogen-bond donors (Lipinski definition) is 1. The van der Waals surface area contributed by atoms with Crippen LogP contribution in [0.5, 0.6) is 0 Å². The summed E-state index contributed by atoms with van der Waals surface area (Å²) in [5.41, 5.74) is 1.28. The van der Waals surface area contributed by atoms with Gasteiger partial charge in [0.25, 0.3) is 0 Å². The van der Waals surface area contributed by atoms with E-state index >= 15 is 0 Å². The van der Waals surface area contributed by atoms with Gasteiger partial charge in [-0.3, -0.25) is 4.79 Å². The number of thioether (sulfide) groups is 1. The molecule has 2 aromatic rings. The molecule has 1 N–H and O–H groups in total. The molecule has 0 unspecified atom stereocenters. The Bertz CT molecular complexity index is 625. The number of rotatable bonds is 8. The maximum Gasteiger partial charge on any atom is 0.313 e. The fraction of sp³-hybridized carbons (Fsp3) is 0.263. The smallest absolute Gasteiger partial charge is 0.313 e. The van der Waals surface area contributed by atoms with Crippen LogP contribution in [0.4, 0.5) is 0 Å². The molecule has 0 aliphatic rings. The normalized spacial score (nSPS) is 10.9. The third kappa shape index (κ3) is 4.37. The molecule has 4 heteroatoms. The highest BCUT2D eigenvalue weighted by atomic mass is 32.2. The Labute approximate surface area is 141 Å². The van der Waals surface area contributed by atoms with E-state index in [4.69, 9.17) is 5.11 Å². The van der Waals surface area contributed by atoms with Crippen molar-refractivity contribution in [2.75, 3.05) is 11.5 Å². The van der Waals surface area contributed by atoms with Gasteiger partial charge in [0.2, 0.25) is 0 Å². The minimum absolute atomic E-state index is 0.107. The average molecular weight is 325 g/mol. The van der Waals surface area contributed by atoms with Crippen molar-refractivity contribution >= 4 is 17.7 Å². The monoisotopic (exact) mass is 325 g/mol. The van der Waals surface area contributed by atoms with Crippen LogP contribution >= 0.6 is 11.8 Å². The van der Waals surface area contributed by atoms with E-state index in [-0.39, 0.29) is 5.75 Å². The van der Waals surface area contributed by atoms with Crippen LogP contribution in [-0.2, 0) is 10.2 Å². The number of benzene rings is 2. The lowest BCUT2D eigenvalue weighted by molar-refractivity contribution is -0.133. The van der Waals surface area contributed by atoms with Crippen LogP contribution in [0.2, 0.25) is 0 Å². The summed E-state index contributed by atoms with van der Waals surface area (Å²) in [4.78, 5) is 10.6. The van der Waals surface area contributed by atoms with Gasteiger partial charge in [0, 0.05) is 0 Å². The van der Waals surface area contributed by atoms with Gasteiger partial charge >= 0.3 is 5.97 Å². The third-order valence-electron chi connectivity index (χ3n) is 3.79. The Morgan fingerprint density at radius 2 is 1.57 bits per heavy atom. The SMILES string of the molecule is N#CC(CCCSCC(=O)O)(c1ccccc1)c1ccccc1. The Kier molecular flexibility index (Phi) is 6.25. The zero-order valence-corrected chi connectivity index (χ0v) is 13.6. The van der Waals surface area contributed by atoms with Crippen LogP contribution in [0.25, 0.3) is 0 Å². The van der Waals surface area contributed by atoms with Gasteiger partial charge in [-0.05, 0) is 29.7 Å². The van der Waals surface area contributed by atoms with Crippen LogP contribution in [0.3, 0.4) is 0 Å². The lowest BCUT2D eigenvalue weighted by atomic mass is 9.72. The van der Waals surface area contributed by atoms with Gasteiger partial charge < -0.3 is 5.11 Å². The molecule has 3 nitrogen and oxygen atoms in total. The molecule has 0 aromatic heterocycles. The highest BCUT2D eigenvalue weighted by Gasteiger charge is 2.33. The quantitative estimate of drug-likeness (QED) is 0.742. The minimum atomic E-state index is -0.798. The Morgan fingerprint density at radius 1 is 1.04 bits per heavy atom. The van der Waals surface area contributed by atoms with Gasteiger partial charge in [-0.25, -0.2) is 0 Å². The summed E-state index contributed by atoms with van der Waals surface area (Å²) in [6.45, 7) is 0.